The summed E-state index contributed by atoms with van der Waals surface area (Å²) in [6, 6.07) is 31.9. The predicted octanol–water partition coefficient (Wildman–Crippen LogP) is 8.03. The Morgan fingerprint density at radius 1 is 0.800 bits per heavy atom. The van der Waals surface area contributed by atoms with Crippen molar-refractivity contribution in [2.75, 3.05) is 13.2 Å². The van der Waals surface area contributed by atoms with Crippen LogP contribution >= 0.6 is 15.9 Å². The molecular formula is C33H29BrN2O4. The van der Waals surface area contributed by atoms with Crippen LogP contribution in [-0.2, 0) is 16.1 Å². The summed E-state index contributed by atoms with van der Waals surface area (Å²) in [6.45, 7) is 3.03. The Balaban J connectivity index is 1.37. The molecule has 0 amide bonds. The molecule has 40 heavy (non-hydrogen) atoms. The van der Waals surface area contributed by atoms with Crippen LogP contribution in [0.5, 0.6) is 11.6 Å². The molecular weight excluding hydrogens is 568 g/mol. The Morgan fingerprint density at radius 2 is 1.57 bits per heavy atom. The van der Waals surface area contributed by atoms with Crippen molar-refractivity contribution in [1.29, 1.82) is 0 Å². The van der Waals surface area contributed by atoms with Crippen molar-refractivity contribution in [1.82, 2.24) is 9.97 Å². The number of ether oxygens (including phenoxy) is 3. The topological polar surface area (TPSA) is 70.5 Å². The highest BCUT2D eigenvalue weighted by atomic mass is 79.9. The number of carbonyl (C=O) groups excluding carboxylic acids is 1. The smallest absolute Gasteiger partial charge is 0.305 e. The first-order valence-corrected chi connectivity index (χ1v) is 14.0. The van der Waals surface area contributed by atoms with E-state index in [4.69, 9.17) is 24.2 Å². The molecule has 0 N–H and O–H groups in total. The molecule has 0 saturated carbocycles. The van der Waals surface area contributed by atoms with E-state index in [2.05, 4.69) is 22.0 Å². The zero-order chi connectivity index (χ0) is 27.7. The maximum absolute atomic E-state index is 11.5. The maximum atomic E-state index is 11.5. The molecule has 0 saturated heterocycles. The van der Waals surface area contributed by atoms with Crippen LogP contribution < -0.4 is 9.47 Å². The summed E-state index contributed by atoms with van der Waals surface area (Å²) >= 11 is 3.59. The minimum Gasteiger partial charge on any atom is -0.494 e. The monoisotopic (exact) mass is 596 g/mol. The largest absolute Gasteiger partial charge is 0.494 e. The van der Waals surface area contributed by atoms with Gasteiger partial charge in [-0.3, -0.25) is 4.79 Å². The minimum atomic E-state index is -0.197. The number of nitrogens with zero attached hydrogens (tertiary/aromatic N) is 2. The van der Waals surface area contributed by atoms with Crippen molar-refractivity contribution >= 4 is 32.7 Å². The number of aromatic nitrogens is 2. The Kier molecular flexibility index (Phi) is 9.04. The average Bonchev–Trinajstić information content (AvgIpc) is 2.99. The van der Waals surface area contributed by atoms with Crippen LogP contribution in [0.15, 0.2) is 102 Å². The molecule has 0 aliphatic carbocycles. The van der Waals surface area contributed by atoms with E-state index < -0.39 is 0 Å². The number of esters is 1. The molecule has 0 aliphatic rings. The van der Waals surface area contributed by atoms with E-state index in [-0.39, 0.29) is 5.97 Å². The SMILES string of the molecule is CCOC(=O)CCCOc1ccc2cc(-c3nc(OCc4ccccc4Br)cc(-c4ccccc4)n3)ccc2c1. The average molecular weight is 598 g/mol. The van der Waals surface area contributed by atoms with Crippen molar-refractivity contribution in [3.05, 3.63) is 107 Å². The second-order valence-corrected chi connectivity index (χ2v) is 10.00. The maximum Gasteiger partial charge on any atom is 0.305 e. The second-order valence-electron chi connectivity index (χ2n) is 9.14. The first-order valence-electron chi connectivity index (χ1n) is 13.2. The summed E-state index contributed by atoms with van der Waals surface area (Å²) in [5, 5.41) is 2.08. The van der Waals surface area contributed by atoms with Crippen molar-refractivity contribution in [3.63, 3.8) is 0 Å². The molecule has 5 rings (SSSR count). The van der Waals surface area contributed by atoms with Gasteiger partial charge < -0.3 is 14.2 Å². The Labute approximate surface area is 242 Å². The number of rotatable bonds is 11. The van der Waals surface area contributed by atoms with Crippen molar-refractivity contribution in [2.45, 2.75) is 26.4 Å². The van der Waals surface area contributed by atoms with Crippen LogP contribution in [0, 0.1) is 0 Å². The first-order chi connectivity index (χ1) is 19.6. The molecule has 0 atom stereocenters. The van der Waals surface area contributed by atoms with Crippen molar-refractivity contribution in [3.8, 4) is 34.3 Å². The lowest BCUT2D eigenvalue weighted by Gasteiger charge is -2.12. The van der Waals surface area contributed by atoms with Gasteiger partial charge >= 0.3 is 5.97 Å². The lowest BCUT2D eigenvalue weighted by atomic mass is 10.1. The van der Waals surface area contributed by atoms with Crippen LogP contribution in [0.25, 0.3) is 33.4 Å². The molecule has 202 valence electrons. The number of hydrogen-bond donors (Lipinski definition) is 0. The van der Waals surface area contributed by atoms with Gasteiger partial charge in [0.05, 0.1) is 18.9 Å². The van der Waals surface area contributed by atoms with Crippen LogP contribution in [0.3, 0.4) is 0 Å². The molecule has 4 aromatic carbocycles. The lowest BCUT2D eigenvalue weighted by molar-refractivity contribution is -0.143. The first kappa shape index (κ1) is 27.3. The minimum absolute atomic E-state index is 0.197. The summed E-state index contributed by atoms with van der Waals surface area (Å²) in [4.78, 5) is 21.2. The molecule has 0 aliphatic heterocycles. The van der Waals surface area contributed by atoms with E-state index in [0.717, 1.165) is 43.4 Å². The zero-order valence-corrected chi connectivity index (χ0v) is 23.8. The number of benzene rings is 4. The molecule has 0 spiro atoms. The van der Waals surface area contributed by atoms with Gasteiger partial charge in [-0.15, -0.1) is 0 Å². The van der Waals surface area contributed by atoms with E-state index in [9.17, 15) is 4.79 Å². The summed E-state index contributed by atoms with van der Waals surface area (Å²) in [6.07, 6.45) is 0.956. The van der Waals surface area contributed by atoms with Gasteiger partial charge in [-0.2, -0.15) is 4.98 Å². The molecule has 7 heteroatoms. The Bertz CT molecular complexity index is 1610. The Morgan fingerprint density at radius 3 is 2.40 bits per heavy atom. The molecule has 5 aromatic rings. The Hall–Kier alpha value is -4.23. The fourth-order valence-corrected chi connectivity index (χ4v) is 4.64. The van der Waals surface area contributed by atoms with Gasteiger partial charge in [0.15, 0.2) is 5.82 Å². The van der Waals surface area contributed by atoms with E-state index in [0.29, 0.717) is 44.4 Å². The van der Waals surface area contributed by atoms with Gasteiger partial charge in [-0.05, 0) is 48.4 Å². The van der Waals surface area contributed by atoms with Gasteiger partial charge in [0.2, 0.25) is 5.88 Å². The summed E-state index contributed by atoms with van der Waals surface area (Å²) in [7, 11) is 0. The highest BCUT2D eigenvalue weighted by molar-refractivity contribution is 9.10. The lowest BCUT2D eigenvalue weighted by Crippen LogP contribution is -2.06. The number of halogens is 1. The van der Waals surface area contributed by atoms with Crippen LogP contribution in [-0.4, -0.2) is 29.2 Å². The fourth-order valence-electron chi connectivity index (χ4n) is 4.24. The van der Waals surface area contributed by atoms with Crippen molar-refractivity contribution in [2.24, 2.45) is 0 Å². The standard InChI is InChI=1S/C33H29BrN2O4/c1-2-38-32(37)13-8-18-39-28-17-16-24-19-26(15-14-25(24)20-28)33-35-30(23-9-4-3-5-10-23)21-31(36-33)40-22-27-11-6-7-12-29(27)34/h3-7,9-12,14-17,19-21H,2,8,13,18,22H2,1H3. The van der Waals surface area contributed by atoms with E-state index >= 15 is 0 Å². The molecule has 0 radical (unpaired) electrons. The van der Waals surface area contributed by atoms with Gasteiger partial charge in [0.25, 0.3) is 0 Å². The molecule has 0 fully saturated rings. The van der Waals surface area contributed by atoms with E-state index in [1.54, 1.807) is 6.92 Å². The van der Waals surface area contributed by atoms with E-state index in [1.165, 1.54) is 0 Å². The quantitative estimate of drug-likeness (QED) is 0.113. The predicted molar refractivity (Wildman–Crippen MR) is 160 cm³/mol. The van der Waals surface area contributed by atoms with E-state index in [1.807, 2.05) is 91.0 Å². The molecule has 0 unspecified atom stereocenters. The molecule has 6 nitrogen and oxygen atoms in total. The number of hydrogen-bond acceptors (Lipinski definition) is 6. The summed E-state index contributed by atoms with van der Waals surface area (Å²) in [5.74, 6) is 1.65. The number of carbonyl (C=O) groups is 1. The highest BCUT2D eigenvalue weighted by Crippen LogP contribution is 2.30. The molecule has 1 heterocycles. The second kappa shape index (κ2) is 13.2. The van der Waals surface area contributed by atoms with Gasteiger partial charge in [-0.25, -0.2) is 4.98 Å². The van der Waals surface area contributed by atoms with Gasteiger partial charge in [-0.1, -0.05) is 82.7 Å². The van der Waals surface area contributed by atoms with Gasteiger partial charge in [0, 0.05) is 33.7 Å². The normalized spacial score (nSPS) is 10.8. The number of fused-ring (bicyclic) bond motifs is 1. The van der Waals surface area contributed by atoms with Crippen molar-refractivity contribution < 1.29 is 19.0 Å². The fraction of sp³-hybridized carbons (Fsp3) is 0.182. The van der Waals surface area contributed by atoms with Crippen LogP contribution in [0.1, 0.15) is 25.3 Å². The molecule has 0 bridgehead atoms. The summed E-state index contributed by atoms with van der Waals surface area (Å²) in [5.41, 5.74) is 3.70. The third kappa shape index (κ3) is 7.04. The van der Waals surface area contributed by atoms with Crippen LogP contribution in [0.4, 0.5) is 0 Å². The third-order valence-electron chi connectivity index (χ3n) is 6.27. The highest BCUT2D eigenvalue weighted by Gasteiger charge is 2.12. The molecule has 1 aromatic heterocycles. The van der Waals surface area contributed by atoms with Crippen LogP contribution in [0.2, 0.25) is 0 Å². The zero-order valence-electron chi connectivity index (χ0n) is 22.2. The third-order valence-corrected chi connectivity index (χ3v) is 7.05. The van der Waals surface area contributed by atoms with Gasteiger partial charge in [0.1, 0.15) is 12.4 Å². The summed E-state index contributed by atoms with van der Waals surface area (Å²) < 4.78 is 18.0.